The van der Waals surface area contributed by atoms with E-state index in [0.29, 0.717) is 57.7 Å². The van der Waals surface area contributed by atoms with Gasteiger partial charge in [-0.15, -0.1) is 17.9 Å². The Morgan fingerprint density at radius 2 is 1.81 bits per heavy atom. The molecule has 3 N–H and O–H groups in total. The normalized spacial score (nSPS) is 26.1. The SMILES string of the molecule is C=C[C@@H]1CC1(NC(=O)[C@@H]1C[C@@H](Oc2cc(-c3csc(NC(C)C)n3)nc3c(Cl)c(OCC=O)ccc23)CN1C(=O)[C@@H](NC(=O)O[C@@H]1C[C@@H]2C[C@@H]2C1)C(C)(C)C)C(=O)OC. The number of thiazole rings is 1. The number of likely N-dealkylation sites (tertiary alicyclic amines) is 1. The average molecular weight is 851 g/mol. The van der Waals surface area contributed by atoms with E-state index >= 15 is 0 Å². The summed E-state index contributed by atoms with van der Waals surface area (Å²) in [7, 11) is 1.25. The molecule has 3 amide bonds. The molecule has 17 heteroatoms. The van der Waals surface area contributed by atoms with Crippen molar-refractivity contribution in [1.82, 2.24) is 25.5 Å². The highest BCUT2D eigenvalue weighted by Crippen LogP contribution is 2.52. The molecule has 4 aliphatic rings. The van der Waals surface area contributed by atoms with Crippen molar-refractivity contribution in [3.63, 3.8) is 0 Å². The molecule has 1 unspecified atom stereocenters. The largest absolute Gasteiger partial charge is 0.488 e. The third kappa shape index (κ3) is 8.84. The van der Waals surface area contributed by atoms with Crippen LogP contribution in [0.1, 0.15) is 66.7 Å². The van der Waals surface area contributed by atoms with Gasteiger partial charge in [0.05, 0.1) is 24.9 Å². The van der Waals surface area contributed by atoms with Crippen molar-refractivity contribution in [2.24, 2.45) is 23.2 Å². The number of aromatic nitrogens is 2. The molecule has 1 saturated heterocycles. The van der Waals surface area contributed by atoms with E-state index < -0.39 is 53.0 Å². The Balaban J connectivity index is 1.22. The highest BCUT2D eigenvalue weighted by molar-refractivity contribution is 7.14. The number of methoxy groups -OCH3 is 1. The number of nitrogens with one attached hydrogen (secondary N) is 3. The number of benzene rings is 1. The lowest BCUT2D eigenvalue weighted by molar-refractivity contribution is -0.148. The number of rotatable bonds is 15. The minimum absolute atomic E-state index is 0.0340. The Morgan fingerprint density at radius 1 is 1.07 bits per heavy atom. The predicted octanol–water partition coefficient (Wildman–Crippen LogP) is 5.93. The van der Waals surface area contributed by atoms with Crippen LogP contribution < -0.4 is 25.4 Å². The van der Waals surface area contributed by atoms with Gasteiger partial charge < -0.3 is 39.8 Å². The molecule has 7 rings (SSSR count). The number of anilines is 1. The van der Waals surface area contributed by atoms with E-state index in [4.69, 9.17) is 40.5 Å². The fourth-order valence-corrected chi connectivity index (χ4v) is 9.41. The minimum Gasteiger partial charge on any atom is -0.488 e. The number of esters is 1. The molecule has 1 aliphatic heterocycles. The summed E-state index contributed by atoms with van der Waals surface area (Å²) in [4.78, 5) is 77.5. The maximum absolute atomic E-state index is 14.8. The minimum atomic E-state index is -1.32. The highest BCUT2D eigenvalue weighted by Gasteiger charge is 2.62. The quantitative estimate of drug-likeness (QED) is 0.0931. The second-order valence-electron chi connectivity index (χ2n) is 17.3. The van der Waals surface area contributed by atoms with Crippen LogP contribution in [-0.4, -0.2) is 101 Å². The zero-order valence-electron chi connectivity index (χ0n) is 34.0. The van der Waals surface area contributed by atoms with Gasteiger partial charge in [-0.3, -0.25) is 14.4 Å². The molecular weight excluding hydrogens is 800 g/mol. The Morgan fingerprint density at radius 3 is 2.46 bits per heavy atom. The van der Waals surface area contributed by atoms with Gasteiger partial charge in [0.1, 0.15) is 58.7 Å². The number of amides is 3. The lowest BCUT2D eigenvalue weighted by atomic mass is 9.85. The zero-order valence-corrected chi connectivity index (χ0v) is 35.6. The van der Waals surface area contributed by atoms with Gasteiger partial charge >= 0.3 is 12.1 Å². The summed E-state index contributed by atoms with van der Waals surface area (Å²) >= 11 is 8.26. The number of hydrogen-bond acceptors (Lipinski definition) is 13. The van der Waals surface area contributed by atoms with Crippen molar-refractivity contribution in [1.29, 1.82) is 0 Å². The zero-order chi connectivity index (χ0) is 42.4. The van der Waals surface area contributed by atoms with Gasteiger partial charge in [-0.1, -0.05) is 38.4 Å². The number of carbonyl (C=O) groups is 5. The Kier molecular flexibility index (Phi) is 11.9. The number of aldehydes is 1. The molecule has 316 valence electrons. The molecule has 59 heavy (non-hydrogen) atoms. The highest BCUT2D eigenvalue weighted by atomic mass is 35.5. The number of halogens is 1. The first-order valence-corrected chi connectivity index (χ1v) is 21.2. The first-order valence-electron chi connectivity index (χ1n) is 19.9. The number of ether oxygens (including phenoxy) is 4. The van der Waals surface area contributed by atoms with Crippen LogP contribution in [-0.2, 0) is 28.7 Å². The Labute approximate surface area is 351 Å². The van der Waals surface area contributed by atoms with Crippen LogP contribution in [0, 0.1) is 23.2 Å². The van der Waals surface area contributed by atoms with Crippen LogP contribution in [0.25, 0.3) is 22.3 Å². The van der Waals surface area contributed by atoms with Crippen molar-refractivity contribution in [3.05, 3.63) is 41.3 Å². The molecular formula is C42H51ClN6O9S. The molecule has 15 nitrogen and oxygen atoms in total. The van der Waals surface area contributed by atoms with Crippen LogP contribution in [0.3, 0.4) is 0 Å². The Hall–Kier alpha value is -4.96. The summed E-state index contributed by atoms with van der Waals surface area (Å²) in [6.07, 6.45) is 3.69. The van der Waals surface area contributed by atoms with Crippen molar-refractivity contribution < 1.29 is 42.9 Å². The molecule has 3 saturated carbocycles. The number of carbonyl (C=O) groups excluding carboxylic acids is 5. The predicted molar refractivity (Wildman–Crippen MR) is 221 cm³/mol. The van der Waals surface area contributed by atoms with Crippen LogP contribution in [0.15, 0.2) is 36.2 Å². The molecule has 3 aromatic rings. The second kappa shape index (κ2) is 16.6. The van der Waals surface area contributed by atoms with E-state index in [-0.39, 0.29) is 48.4 Å². The topological polar surface area (TPSA) is 187 Å². The molecule has 0 radical (unpaired) electrons. The van der Waals surface area contributed by atoms with E-state index in [1.807, 2.05) is 40.0 Å². The fourth-order valence-electron chi connectivity index (χ4n) is 8.29. The van der Waals surface area contributed by atoms with Gasteiger partial charge in [0, 0.05) is 35.2 Å². The van der Waals surface area contributed by atoms with Gasteiger partial charge in [-0.05, 0) is 68.9 Å². The van der Waals surface area contributed by atoms with Gasteiger partial charge in [-0.2, -0.15) is 0 Å². The van der Waals surface area contributed by atoms with E-state index in [9.17, 15) is 24.0 Å². The smallest absolute Gasteiger partial charge is 0.408 e. The van der Waals surface area contributed by atoms with Crippen LogP contribution >= 0.6 is 22.9 Å². The van der Waals surface area contributed by atoms with E-state index in [1.54, 1.807) is 24.3 Å². The third-order valence-electron chi connectivity index (χ3n) is 11.5. The number of nitrogens with zero attached hydrogens (tertiary/aromatic N) is 3. The molecule has 4 fully saturated rings. The number of fused-ring (bicyclic) bond motifs is 2. The first-order chi connectivity index (χ1) is 28.0. The maximum Gasteiger partial charge on any atom is 0.408 e. The first kappa shape index (κ1) is 42.2. The van der Waals surface area contributed by atoms with E-state index in [2.05, 4.69) is 22.5 Å². The average Bonchev–Trinajstić information content (AvgIpc) is 3.85. The molecule has 2 aromatic heterocycles. The molecule has 1 aromatic carbocycles. The summed E-state index contributed by atoms with van der Waals surface area (Å²) in [5, 5.41) is 12.2. The summed E-state index contributed by atoms with van der Waals surface area (Å²) in [6.45, 7) is 13.0. The number of alkyl carbamates (subject to hydrolysis) is 1. The Bertz CT molecular complexity index is 2150. The molecule has 3 heterocycles. The summed E-state index contributed by atoms with van der Waals surface area (Å²) in [6, 6.07) is 3.01. The molecule has 8 atom stereocenters. The van der Waals surface area contributed by atoms with Gasteiger partial charge in [0.2, 0.25) is 11.8 Å². The summed E-state index contributed by atoms with van der Waals surface area (Å²) in [5.74, 6) is -0.265. The molecule has 0 spiro atoms. The van der Waals surface area contributed by atoms with Gasteiger partial charge in [-0.25, -0.2) is 19.6 Å². The number of pyridine rings is 1. The second-order valence-corrected chi connectivity index (χ2v) is 18.5. The third-order valence-corrected chi connectivity index (χ3v) is 12.7. The summed E-state index contributed by atoms with van der Waals surface area (Å²) < 4.78 is 23.2. The van der Waals surface area contributed by atoms with Crippen LogP contribution in [0.5, 0.6) is 11.5 Å². The maximum atomic E-state index is 14.8. The van der Waals surface area contributed by atoms with Crippen molar-refractivity contribution in [3.8, 4) is 22.9 Å². The standard InChI is InChI=1S/C42H51ClN6O9S/c1-8-24-18-42(24,38(53)55-7)48-36(51)30-16-26(19-49(30)37(52)35(41(4,5)6)47-40(54)58-25-14-22-13-23(22)15-25)57-32-17-28(29-20-59-39(46-29)44-21(2)3)45-34-27(32)9-10-31(33(34)43)56-12-11-50/h8-11,17,20-26,30,35H,1,12-16,18-19H2,2-7H3,(H,44,46)(H,47,54)(H,48,51)/t22-,23+,24-,25+,26-,30+,35-,42?/m1/s1. The monoisotopic (exact) mass is 850 g/mol. The summed E-state index contributed by atoms with van der Waals surface area (Å²) in [5.41, 5.74) is -0.792. The van der Waals surface area contributed by atoms with Crippen molar-refractivity contribution in [2.75, 3.05) is 25.6 Å². The molecule has 0 bridgehead atoms. The van der Waals surface area contributed by atoms with Gasteiger partial charge in [0.25, 0.3) is 0 Å². The van der Waals surface area contributed by atoms with Crippen LogP contribution in [0.4, 0.5) is 9.93 Å². The van der Waals surface area contributed by atoms with E-state index in [0.717, 1.165) is 12.8 Å². The van der Waals surface area contributed by atoms with Gasteiger partial charge in [0.15, 0.2) is 11.4 Å². The lowest BCUT2D eigenvalue weighted by Gasteiger charge is -2.35. The van der Waals surface area contributed by atoms with Crippen molar-refractivity contribution >= 4 is 69.1 Å². The van der Waals surface area contributed by atoms with Crippen molar-refractivity contribution in [2.45, 2.75) is 103 Å². The lowest BCUT2D eigenvalue weighted by Crippen LogP contribution is -2.59. The van der Waals surface area contributed by atoms with E-state index in [1.165, 1.54) is 29.8 Å². The number of hydrogen-bond donors (Lipinski definition) is 3. The fraction of sp³-hybridized carbons (Fsp3) is 0.548. The van der Waals surface area contributed by atoms with Crippen LogP contribution in [0.2, 0.25) is 5.02 Å². The molecule has 3 aliphatic carbocycles.